The first-order valence-electron chi connectivity index (χ1n) is 8.73. The topological polar surface area (TPSA) is 46.4 Å². The summed E-state index contributed by atoms with van der Waals surface area (Å²) >= 11 is 0. The van der Waals surface area contributed by atoms with E-state index < -0.39 is 0 Å². The Hall–Kier alpha value is -2.36. The van der Waals surface area contributed by atoms with Gasteiger partial charge in [0, 0.05) is 28.6 Å². The summed E-state index contributed by atoms with van der Waals surface area (Å²) < 4.78 is 2.44. The fourth-order valence-electron chi connectivity index (χ4n) is 3.65. The summed E-state index contributed by atoms with van der Waals surface area (Å²) in [5, 5.41) is 4.14. The number of carbonyl (C=O) groups excluding carboxylic acids is 1. The van der Waals surface area contributed by atoms with Crippen molar-refractivity contribution >= 4 is 12.1 Å². The van der Waals surface area contributed by atoms with E-state index >= 15 is 0 Å². The fourth-order valence-corrected chi connectivity index (χ4v) is 3.65. The number of aryl methyl sites for hydroxylation is 1. The zero-order valence-electron chi connectivity index (χ0n) is 14.5. The molecule has 0 atom stereocenters. The van der Waals surface area contributed by atoms with Crippen LogP contribution in [0.4, 0.5) is 0 Å². The average Bonchev–Trinajstić information content (AvgIpc) is 2.90. The van der Waals surface area contributed by atoms with Gasteiger partial charge in [0.25, 0.3) is 5.91 Å². The van der Waals surface area contributed by atoms with Crippen molar-refractivity contribution in [3.8, 4) is 0 Å². The van der Waals surface area contributed by atoms with Crippen LogP contribution in [0.1, 0.15) is 65.5 Å². The van der Waals surface area contributed by atoms with Gasteiger partial charge in [-0.25, -0.2) is 5.43 Å². The molecule has 0 aliphatic heterocycles. The number of rotatable bonds is 4. The number of benzene rings is 1. The molecule has 3 rings (SSSR count). The molecule has 1 aliphatic carbocycles. The molecule has 4 nitrogen and oxygen atoms in total. The maximum Gasteiger partial charge on any atom is 0.271 e. The highest BCUT2D eigenvalue weighted by molar-refractivity contribution is 5.94. The third kappa shape index (κ3) is 3.58. The van der Waals surface area contributed by atoms with Gasteiger partial charge in [0.1, 0.15) is 0 Å². The lowest BCUT2D eigenvalue weighted by Gasteiger charge is -2.26. The van der Waals surface area contributed by atoms with E-state index in [4.69, 9.17) is 0 Å². The van der Waals surface area contributed by atoms with E-state index in [9.17, 15) is 4.79 Å². The van der Waals surface area contributed by atoms with Gasteiger partial charge in [-0.15, -0.1) is 0 Å². The number of hydrazone groups is 1. The Morgan fingerprint density at radius 2 is 1.88 bits per heavy atom. The highest BCUT2D eigenvalue weighted by Crippen LogP contribution is 2.31. The Labute approximate surface area is 143 Å². The summed E-state index contributed by atoms with van der Waals surface area (Å²) in [6, 6.07) is 11.9. The molecule has 1 aromatic heterocycles. The number of carbonyl (C=O) groups is 1. The molecule has 0 bridgehead atoms. The van der Waals surface area contributed by atoms with Crippen LogP contribution in [0.5, 0.6) is 0 Å². The normalized spacial score (nSPS) is 15.8. The second-order valence-electron chi connectivity index (χ2n) is 6.55. The predicted molar refractivity (Wildman–Crippen MR) is 97.5 cm³/mol. The zero-order chi connectivity index (χ0) is 16.9. The van der Waals surface area contributed by atoms with Crippen molar-refractivity contribution in [2.75, 3.05) is 0 Å². The van der Waals surface area contributed by atoms with E-state index in [1.54, 1.807) is 18.3 Å². The highest BCUT2D eigenvalue weighted by Gasteiger charge is 2.19. The number of hydrogen-bond donors (Lipinski definition) is 1. The van der Waals surface area contributed by atoms with Gasteiger partial charge in [-0.3, -0.25) is 4.79 Å². The number of hydrogen-bond acceptors (Lipinski definition) is 2. The fraction of sp³-hybridized carbons (Fsp3) is 0.400. The lowest BCUT2D eigenvalue weighted by Crippen LogP contribution is -2.17. The first kappa shape index (κ1) is 16.5. The quantitative estimate of drug-likeness (QED) is 0.659. The molecule has 0 saturated heterocycles. The Bertz CT molecular complexity index is 725. The molecular formula is C20H25N3O. The molecule has 126 valence electrons. The van der Waals surface area contributed by atoms with E-state index in [2.05, 4.69) is 35.0 Å². The van der Waals surface area contributed by atoms with E-state index in [-0.39, 0.29) is 5.91 Å². The van der Waals surface area contributed by atoms with Crippen molar-refractivity contribution in [2.24, 2.45) is 5.10 Å². The van der Waals surface area contributed by atoms with Crippen LogP contribution in [-0.2, 0) is 0 Å². The number of aromatic nitrogens is 1. The third-order valence-corrected chi connectivity index (χ3v) is 4.87. The molecule has 1 amide bonds. The predicted octanol–water partition coefficient (Wildman–Crippen LogP) is 4.37. The average molecular weight is 323 g/mol. The molecular weight excluding hydrogens is 298 g/mol. The van der Waals surface area contributed by atoms with Crippen LogP contribution in [0, 0.1) is 13.8 Å². The maximum atomic E-state index is 12.0. The van der Waals surface area contributed by atoms with Crippen LogP contribution < -0.4 is 5.43 Å². The smallest absolute Gasteiger partial charge is 0.271 e. The van der Waals surface area contributed by atoms with Gasteiger partial charge < -0.3 is 4.57 Å². The largest absolute Gasteiger partial charge is 0.345 e. The minimum atomic E-state index is -0.187. The van der Waals surface area contributed by atoms with Crippen LogP contribution >= 0.6 is 0 Å². The Morgan fingerprint density at radius 1 is 1.17 bits per heavy atom. The van der Waals surface area contributed by atoms with Crippen molar-refractivity contribution in [1.82, 2.24) is 9.99 Å². The molecule has 1 N–H and O–H groups in total. The van der Waals surface area contributed by atoms with E-state index in [1.807, 2.05) is 18.2 Å². The molecule has 2 aromatic rings. The second kappa shape index (κ2) is 7.47. The first-order valence-corrected chi connectivity index (χ1v) is 8.73. The summed E-state index contributed by atoms with van der Waals surface area (Å²) in [6.45, 7) is 4.30. The van der Waals surface area contributed by atoms with Gasteiger partial charge in [0.2, 0.25) is 0 Å². The van der Waals surface area contributed by atoms with Crippen LogP contribution in [0.2, 0.25) is 0 Å². The summed E-state index contributed by atoms with van der Waals surface area (Å²) in [7, 11) is 0. The molecule has 1 saturated carbocycles. The molecule has 4 heteroatoms. The number of nitrogens with zero attached hydrogens (tertiary/aromatic N) is 2. The molecule has 0 spiro atoms. The second-order valence-corrected chi connectivity index (χ2v) is 6.55. The number of nitrogens with one attached hydrogen (secondary N) is 1. The van der Waals surface area contributed by atoms with Gasteiger partial charge in [-0.2, -0.15) is 5.10 Å². The van der Waals surface area contributed by atoms with Crippen molar-refractivity contribution in [2.45, 2.75) is 52.0 Å². The van der Waals surface area contributed by atoms with Gasteiger partial charge in [0.05, 0.1) is 6.21 Å². The summed E-state index contributed by atoms with van der Waals surface area (Å²) in [4.78, 5) is 12.0. The molecule has 0 radical (unpaired) electrons. The summed E-state index contributed by atoms with van der Waals surface area (Å²) in [5.41, 5.74) is 6.80. The minimum Gasteiger partial charge on any atom is -0.345 e. The molecule has 24 heavy (non-hydrogen) atoms. The monoisotopic (exact) mass is 323 g/mol. The summed E-state index contributed by atoms with van der Waals surface area (Å²) in [5.74, 6) is -0.187. The highest BCUT2D eigenvalue weighted by atomic mass is 16.2. The lowest BCUT2D eigenvalue weighted by molar-refractivity contribution is 0.0955. The molecule has 1 aliphatic rings. The Kier molecular flexibility index (Phi) is 5.14. The zero-order valence-corrected chi connectivity index (χ0v) is 14.5. The van der Waals surface area contributed by atoms with E-state index in [1.165, 1.54) is 43.5 Å². The van der Waals surface area contributed by atoms with Crippen molar-refractivity contribution in [3.05, 3.63) is 58.9 Å². The van der Waals surface area contributed by atoms with E-state index in [0.717, 1.165) is 5.56 Å². The van der Waals surface area contributed by atoms with Gasteiger partial charge >= 0.3 is 0 Å². The van der Waals surface area contributed by atoms with Crippen molar-refractivity contribution in [1.29, 1.82) is 0 Å². The Morgan fingerprint density at radius 3 is 2.58 bits per heavy atom. The van der Waals surface area contributed by atoms with Crippen LogP contribution in [0.3, 0.4) is 0 Å². The van der Waals surface area contributed by atoms with Crippen molar-refractivity contribution in [3.63, 3.8) is 0 Å². The molecule has 1 aromatic carbocycles. The maximum absolute atomic E-state index is 12.0. The van der Waals surface area contributed by atoms with Gasteiger partial charge in [0.15, 0.2) is 0 Å². The van der Waals surface area contributed by atoms with Crippen LogP contribution in [0.15, 0.2) is 41.5 Å². The van der Waals surface area contributed by atoms with Gasteiger partial charge in [-0.05, 0) is 44.9 Å². The van der Waals surface area contributed by atoms with Gasteiger partial charge in [-0.1, -0.05) is 37.5 Å². The third-order valence-electron chi connectivity index (χ3n) is 4.87. The SMILES string of the molecule is Cc1cc(/C=N\NC(=O)c2ccccc2)c(C)n1C1CCCCC1. The van der Waals surface area contributed by atoms with Crippen LogP contribution in [-0.4, -0.2) is 16.7 Å². The molecule has 1 fully saturated rings. The summed E-state index contributed by atoms with van der Waals surface area (Å²) in [6.07, 6.45) is 8.27. The molecule has 0 unspecified atom stereocenters. The molecule has 1 heterocycles. The van der Waals surface area contributed by atoms with E-state index in [0.29, 0.717) is 11.6 Å². The lowest BCUT2D eigenvalue weighted by atomic mass is 9.95. The Balaban J connectivity index is 1.70. The van der Waals surface area contributed by atoms with Crippen LogP contribution in [0.25, 0.3) is 0 Å². The number of amides is 1. The van der Waals surface area contributed by atoms with Crippen molar-refractivity contribution < 1.29 is 4.79 Å². The first-order chi connectivity index (χ1) is 11.7. The minimum absolute atomic E-state index is 0.187. The standard InChI is InChI=1S/C20H25N3O/c1-15-13-18(16(2)23(15)19-11-7-4-8-12-19)14-21-22-20(24)17-9-5-3-6-10-17/h3,5-6,9-10,13-14,19H,4,7-8,11-12H2,1-2H3,(H,22,24)/b21-14-.